The summed E-state index contributed by atoms with van der Waals surface area (Å²) in [5.41, 5.74) is 1.31. The summed E-state index contributed by atoms with van der Waals surface area (Å²) in [5.74, 6) is -1.77. The van der Waals surface area contributed by atoms with E-state index in [2.05, 4.69) is 14.8 Å². The van der Waals surface area contributed by atoms with Crippen LogP contribution >= 0.6 is 0 Å². The van der Waals surface area contributed by atoms with Crippen LogP contribution in [0.4, 0.5) is 5.69 Å². The number of benzene rings is 2. The van der Waals surface area contributed by atoms with E-state index in [1.165, 1.54) is 20.3 Å². The molecule has 7 nitrogen and oxygen atoms in total. The molecule has 2 aromatic rings. The normalized spacial score (nSPS) is 10.7. The van der Waals surface area contributed by atoms with Crippen LogP contribution in [0, 0.1) is 6.92 Å². The van der Waals surface area contributed by atoms with Crippen molar-refractivity contribution in [1.82, 2.24) is 0 Å². The van der Waals surface area contributed by atoms with Gasteiger partial charge in [0, 0.05) is 0 Å². The SMILES string of the molecule is COC(=O)/C=C(/Nc1ccccc1C(=O)Oc1ccc(C)cc1)C(=O)OC. The largest absolute Gasteiger partial charge is 0.466 e. The van der Waals surface area contributed by atoms with Crippen molar-refractivity contribution in [3.05, 3.63) is 71.4 Å². The molecule has 0 aliphatic rings. The highest BCUT2D eigenvalue weighted by Gasteiger charge is 2.18. The van der Waals surface area contributed by atoms with Crippen LogP contribution in [0.2, 0.25) is 0 Å². The number of rotatable bonds is 6. The first-order valence-electron chi connectivity index (χ1n) is 7.97. The second-order valence-electron chi connectivity index (χ2n) is 5.45. The Morgan fingerprint density at radius 1 is 0.926 bits per heavy atom. The lowest BCUT2D eigenvalue weighted by Gasteiger charge is -2.13. The smallest absolute Gasteiger partial charge is 0.354 e. The van der Waals surface area contributed by atoms with Gasteiger partial charge in [0.15, 0.2) is 0 Å². The number of esters is 3. The average Bonchev–Trinajstić information content (AvgIpc) is 2.68. The van der Waals surface area contributed by atoms with Crippen LogP contribution in [0.1, 0.15) is 15.9 Å². The summed E-state index contributed by atoms with van der Waals surface area (Å²) in [4.78, 5) is 35.9. The van der Waals surface area contributed by atoms with Crippen LogP contribution in [0.3, 0.4) is 0 Å². The first-order valence-corrected chi connectivity index (χ1v) is 7.97. The van der Waals surface area contributed by atoms with Gasteiger partial charge in [-0.2, -0.15) is 0 Å². The molecule has 0 fully saturated rings. The summed E-state index contributed by atoms with van der Waals surface area (Å²) in [5, 5.41) is 2.72. The minimum atomic E-state index is -0.790. The van der Waals surface area contributed by atoms with Crippen molar-refractivity contribution in [2.45, 2.75) is 6.92 Å². The second-order valence-corrected chi connectivity index (χ2v) is 5.45. The van der Waals surface area contributed by atoms with Crippen molar-refractivity contribution in [3.8, 4) is 5.75 Å². The fourth-order valence-electron chi connectivity index (χ4n) is 2.12. The summed E-state index contributed by atoms with van der Waals surface area (Å²) in [6.45, 7) is 1.92. The van der Waals surface area contributed by atoms with E-state index in [9.17, 15) is 14.4 Å². The standard InChI is InChI=1S/C20H19NO6/c1-13-8-10-14(11-9-13)27-19(23)15-6-4-5-7-16(15)21-17(20(24)26-3)12-18(22)25-2/h4-12,21H,1-3H3/b17-12+. The Kier molecular flexibility index (Phi) is 6.71. The van der Waals surface area contributed by atoms with Gasteiger partial charge in [0.2, 0.25) is 0 Å². The highest BCUT2D eigenvalue weighted by atomic mass is 16.5. The fourth-order valence-corrected chi connectivity index (χ4v) is 2.12. The first-order chi connectivity index (χ1) is 12.9. The molecule has 0 unspecified atom stereocenters. The monoisotopic (exact) mass is 369 g/mol. The molecule has 140 valence electrons. The van der Waals surface area contributed by atoms with Gasteiger partial charge < -0.3 is 19.5 Å². The van der Waals surface area contributed by atoms with E-state index in [0.29, 0.717) is 5.75 Å². The number of hydrogen-bond acceptors (Lipinski definition) is 7. The minimum Gasteiger partial charge on any atom is -0.466 e. The van der Waals surface area contributed by atoms with Gasteiger partial charge in [-0.05, 0) is 31.2 Å². The van der Waals surface area contributed by atoms with Crippen LogP contribution in [0.25, 0.3) is 0 Å². The number of carbonyl (C=O) groups is 3. The lowest BCUT2D eigenvalue weighted by Crippen LogP contribution is -2.18. The van der Waals surface area contributed by atoms with Crippen molar-refractivity contribution in [3.63, 3.8) is 0 Å². The number of aryl methyl sites for hydroxylation is 1. The van der Waals surface area contributed by atoms with E-state index >= 15 is 0 Å². The van der Waals surface area contributed by atoms with E-state index in [-0.39, 0.29) is 16.9 Å². The third-order valence-electron chi connectivity index (χ3n) is 3.52. The predicted molar refractivity (Wildman–Crippen MR) is 98.3 cm³/mol. The Hall–Kier alpha value is -3.61. The lowest BCUT2D eigenvalue weighted by atomic mass is 10.1. The van der Waals surface area contributed by atoms with Crippen LogP contribution in [0.15, 0.2) is 60.3 Å². The molecule has 27 heavy (non-hydrogen) atoms. The van der Waals surface area contributed by atoms with Crippen molar-refractivity contribution < 1.29 is 28.6 Å². The van der Waals surface area contributed by atoms with E-state index in [0.717, 1.165) is 11.6 Å². The zero-order valence-electron chi connectivity index (χ0n) is 15.1. The number of methoxy groups -OCH3 is 2. The molecule has 1 N–H and O–H groups in total. The number of carbonyl (C=O) groups excluding carboxylic acids is 3. The van der Waals surface area contributed by atoms with E-state index < -0.39 is 17.9 Å². The highest BCUT2D eigenvalue weighted by Crippen LogP contribution is 2.21. The summed E-state index contributed by atoms with van der Waals surface area (Å²) in [6, 6.07) is 13.4. The molecule has 0 aliphatic heterocycles. The summed E-state index contributed by atoms with van der Waals surface area (Å²) in [6.07, 6.45) is 0.938. The molecule has 0 aromatic heterocycles. The topological polar surface area (TPSA) is 90.9 Å². The van der Waals surface area contributed by atoms with Crippen molar-refractivity contribution >= 4 is 23.6 Å². The third kappa shape index (κ3) is 5.43. The molecule has 0 spiro atoms. The molecule has 0 amide bonds. The Morgan fingerprint density at radius 3 is 2.22 bits per heavy atom. The Morgan fingerprint density at radius 2 is 1.59 bits per heavy atom. The summed E-state index contributed by atoms with van der Waals surface area (Å²) in [7, 11) is 2.35. The molecule has 7 heteroatoms. The highest BCUT2D eigenvalue weighted by molar-refractivity contribution is 6.02. The van der Waals surface area contributed by atoms with Crippen LogP contribution < -0.4 is 10.1 Å². The average molecular weight is 369 g/mol. The summed E-state index contributed by atoms with van der Waals surface area (Å²) < 4.78 is 14.5. The Labute approximate surface area is 156 Å². The van der Waals surface area contributed by atoms with Crippen LogP contribution in [-0.4, -0.2) is 32.1 Å². The van der Waals surface area contributed by atoms with Gasteiger partial charge in [-0.3, -0.25) is 0 Å². The molecule has 0 aliphatic carbocycles. The van der Waals surface area contributed by atoms with E-state index in [1.54, 1.807) is 30.3 Å². The Balaban J connectivity index is 2.29. The maximum Gasteiger partial charge on any atom is 0.354 e. The molecule has 0 radical (unpaired) electrons. The second kappa shape index (κ2) is 9.19. The van der Waals surface area contributed by atoms with Gasteiger partial charge in [0.05, 0.1) is 31.5 Å². The molecular weight excluding hydrogens is 350 g/mol. The number of ether oxygens (including phenoxy) is 3. The van der Waals surface area contributed by atoms with Crippen LogP contribution in [0.5, 0.6) is 5.75 Å². The van der Waals surface area contributed by atoms with Gasteiger partial charge in [-0.1, -0.05) is 29.8 Å². The first kappa shape index (κ1) is 19.7. The molecule has 0 atom stereocenters. The molecule has 2 aromatic carbocycles. The third-order valence-corrected chi connectivity index (χ3v) is 3.52. The lowest BCUT2D eigenvalue weighted by molar-refractivity contribution is -0.138. The van der Waals surface area contributed by atoms with Crippen molar-refractivity contribution in [2.24, 2.45) is 0 Å². The molecule has 0 saturated heterocycles. The van der Waals surface area contributed by atoms with Crippen molar-refractivity contribution in [1.29, 1.82) is 0 Å². The molecular formula is C20H19NO6. The maximum absolute atomic E-state index is 12.5. The van der Waals surface area contributed by atoms with Gasteiger partial charge in [0.1, 0.15) is 11.4 Å². The van der Waals surface area contributed by atoms with Gasteiger partial charge in [-0.25, -0.2) is 14.4 Å². The zero-order valence-corrected chi connectivity index (χ0v) is 15.1. The minimum absolute atomic E-state index is 0.178. The molecule has 0 heterocycles. The van der Waals surface area contributed by atoms with Crippen LogP contribution in [-0.2, 0) is 19.1 Å². The molecule has 2 rings (SSSR count). The predicted octanol–water partition coefficient (Wildman–Crippen LogP) is 2.86. The summed E-state index contributed by atoms with van der Waals surface area (Å²) >= 11 is 0. The zero-order chi connectivity index (χ0) is 19.8. The number of para-hydroxylation sites is 1. The van der Waals surface area contributed by atoms with Crippen molar-refractivity contribution in [2.75, 3.05) is 19.5 Å². The fraction of sp³-hybridized carbons (Fsp3) is 0.150. The van der Waals surface area contributed by atoms with Gasteiger partial charge >= 0.3 is 17.9 Å². The quantitative estimate of drug-likeness (QED) is 0.476. The molecule has 0 saturated carbocycles. The van der Waals surface area contributed by atoms with Gasteiger partial charge in [-0.15, -0.1) is 0 Å². The Bertz CT molecular complexity index is 870. The molecule has 0 bridgehead atoms. The maximum atomic E-state index is 12.5. The van der Waals surface area contributed by atoms with E-state index in [1.807, 2.05) is 19.1 Å². The number of nitrogens with one attached hydrogen (secondary N) is 1. The number of anilines is 1. The number of hydrogen-bond donors (Lipinski definition) is 1. The van der Waals surface area contributed by atoms with E-state index in [4.69, 9.17) is 4.74 Å². The van der Waals surface area contributed by atoms with Gasteiger partial charge in [0.25, 0.3) is 0 Å².